The first-order chi connectivity index (χ1) is 15.2. The van der Waals surface area contributed by atoms with Crippen molar-refractivity contribution in [2.75, 3.05) is 26.2 Å². The van der Waals surface area contributed by atoms with Gasteiger partial charge in [-0.25, -0.2) is 9.48 Å². The van der Waals surface area contributed by atoms with Crippen LogP contribution in [0, 0.1) is 0 Å². The molecule has 0 bridgehead atoms. The fourth-order valence-corrected chi connectivity index (χ4v) is 5.58. The van der Waals surface area contributed by atoms with Gasteiger partial charge in [0.2, 0.25) is 5.91 Å². The van der Waals surface area contributed by atoms with Crippen molar-refractivity contribution in [3.8, 4) is 0 Å². The molecule has 7 nitrogen and oxygen atoms in total. The minimum absolute atomic E-state index is 0.0986. The Morgan fingerprint density at radius 1 is 0.903 bits per heavy atom. The van der Waals surface area contributed by atoms with Gasteiger partial charge in [-0.05, 0) is 31.2 Å². The Bertz CT molecular complexity index is 952. The maximum atomic E-state index is 13.4. The van der Waals surface area contributed by atoms with Crippen molar-refractivity contribution in [3.05, 3.63) is 52.2 Å². The summed E-state index contributed by atoms with van der Waals surface area (Å²) in [5.74, 6) is 0.521. The molecule has 31 heavy (non-hydrogen) atoms. The molecule has 7 heteroatoms. The van der Waals surface area contributed by atoms with Crippen molar-refractivity contribution in [1.29, 1.82) is 0 Å². The van der Waals surface area contributed by atoms with E-state index in [0.717, 1.165) is 44.6 Å². The van der Waals surface area contributed by atoms with Gasteiger partial charge in [0.1, 0.15) is 5.82 Å². The number of benzene rings is 1. The van der Waals surface area contributed by atoms with Crippen LogP contribution in [0.3, 0.4) is 0 Å². The molecule has 1 unspecified atom stereocenters. The minimum Gasteiger partial charge on any atom is -0.339 e. The minimum atomic E-state index is -0.292. The highest BCUT2D eigenvalue weighted by atomic mass is 16.2. The van der Waals surface area contributed by atoms with Gasteiger partial charge in [-0.15, -0.1) is 0 Å². The largest absolute Gasteiger partial charge is 0.346 e. The van der Waals surface area contributed by atoms with E-state index in [9.17, 15) is 9.59 Å². The highest BCUT2D eigenvalue weighted by Crippen LogP contribution is 2.28. The molecule has 3 heterocycles. The van der Waals surface area contributed by atoms with Gasteiger partial charge in [-0.2, -0.15) is 5.10 Å². The molecule has 1 aromatic heterocycles. The second kappa shape index (κ2) is 8.99. The molecular weight excluding hydrogens is 390 g/mol. The summed E-state index contributed by atoms with van der Waals surface area (Å²) in [4.78, 5) is 30.9. The number of nitrogens with zero attached hydrogens (tertiary/aromatic N) is 5. The molecule has 1 aliphatic carbocycles. The van der Waals surface area contributed by atoms with E-state index in [2.05, 4.69) is 10.00 Å². The van der Waals surface area contributed by atoms with E-state index < -0.39 is 0 Å². The average molecular weight is 424 g/mol. The monoisotopic (exact) mass is 423 g/mol. The van der Waals surface area contributed by atoms with Gasteiger partial charge in [0, 0.05) is 38.8 Å². The number of hydrogen-bond donors (Lipinski definition) is 0. The first-order valence-electron chi connectivity index (χ1n) is 11.9. The van der Waals surface area contributed by atoms with Crippen LogP contribution < -0.4 is 5.69 Å². The molecule has 1 amide bonds. The number of carbonyl (C=O) groups is 1. The van der Waals surface area contributed by atoms with E-state index in [1.807, 2.05) is 35.2 Å². The van der Waals surface area contributed by atoms with E-state index in [-0.39, 0.29) is 17.5 Å². The molecule has 1 atom stereocenters. The summed E-state index contributed by atoms with van der Waals surface area (Å²) < 4.78 is 3.25. The number of aromatic nitrogens is 3. The lowest BCUT2D eigenvalue weighted by molar-refractivity contribution is -0.135. The zero-order valence-corrected chi connectivity index (χ0v) is 18.3. The van der Waals surface area contributed by atoms with Crippen LogP contribution in [0.1, 0.15) is 62.3 Å². The van der Waals surface area contributed by atoms with Gasteiger partial charge in [0.05, 0.1) is 12.5 Å². The van der Waals surface area contributed by atoms with Crippen molar-refractivity contribution in [1.82, 2.24) is 24.1 Å². The summed E-state index contributed by atoms with van der Waals surface area (Å²) in [7, 11) is 0. The molecule has 166 valence electrons. The van der Waals surface area contributed by atoms with Crippen LogP contribution in [0.5, 0.6) is 0 Å². The number of amides is 1. The lowest BCUT2D eigenvalue weighted by Crippen LogP contribution is -2.53. The van der Waals surface area contributed by atoms with Crippen LogP contribution >= 0.6 is 0 Å². The first kappa shape index (κ1) is 20.5. The third-order valence-corrected chi connectivity index (χ3v) is 7.33. The number of piperazine rings is 1. The van der Waals surface area contributed by atoms with Crippen molar-refractivity contribution < 1.29 is 4.79 Å². The first-order valence-corrected chi connectivity index (χ1v) is 11.9. The predicted molar refractivity (Wildman–Crippen MR) is 119 cm³/mol. The Morgan fingerprint density at radius 2 is 1.65 bits per heavy atom. The molecule has 3 aliphatic rings. The van der Waals surface area contributed by atoms with Crippen LogP contribution in [0.4, 0.5) is 0 Å². The number of rotatable bonds is 4. The fourth-order valence-electron chi connectivity index (χ4n) is 5.58. The summed E-state index contributed by atoms with van der Waals surface area (Å²) in [6.45, 7) is 4.63. The quantitative estimate of drug-likeness (QED) is 0.758. The molecule has 1 saturated carbocycles. The maximum absolute atomic E-state index is 13.4. The summed E-state index contributed by atoms with van der Waals surface area (Å²) in [6, 6.07) is 10.6. The van der Waals surface area contributed by atoms with Gasteiger partial charge < -0.3 is 4.90 Å². The Labute approximate surface area is 183 Å². The lowest BCUT2D eigenvalue weighted by Gasteiger charge is -2.41. The Kier molecular flexibility index (Phi) is 5.94. The summed E-state index contributed by atoms with van der Waals surface area (Å²) >= 11 is 0. The second-order valence-corrected chi connectivity index (χ2v) is 9.28. The number of fused-ring (bicyclic) bond motifs is 1. The Balaban J connectivity index is 1.28. The fraction of sp³-hybridized carbons (Fsp3) is 0.625. The molecule has 0 spiro atoms. The molecule has 0 N–H and O–H groups in total. The summed E-state index contributed by atoms with van der Waals surface area (Å²) in [6.07, 6.45) is 8.30. The summed E-state index contributed by atoms with van der Waals surface area (Å²) in [5, 5.41) is 4.64. The van der Waals surface area contributed by atoms with Crippen molar-refractivity contribution in [2.24, 2.45) is 0 Å². The van der Waals surface area contributed by atoms with Gasteiger partial charge in [-0.3, -0.25) is 14.3 Å². The van der Waals surface area contributed by atoms with E-state index in [4.69, 9.17) is 0 Å². The molecule has 1 aromatic carbocycles. The topological polar surface area (TPSA) is 63.4 Å². The smallest absolute Gasteiger partial charge is 0.339 e. The van der Waals surface area contributed by atoms with Crippen LogP contribution in [-0.2, 0) is 17.9 Å². The molecule has 0 radical (unpaired) electrons. The SMILES string of the molecule is O=C(C1CCCn2c1nn(Cc1ccccc1)c2=O)N1CCN(C2CCCCC2)CC1. The normalized spacial score (nSPS) is 23.0. The molecule has 2 fully saturated rings. The molecule has 2 aromatic rings. The average Bonchev–Trinajstić information content (AvgIpc) is 3.15. The van der Waals surface area contributed by atoms with Gasteiger partial charge in [0.25, 0.3) is 0 Å². The van der Waals surface area contributed by atoms with Gasteiger partial charge >= 0.3 is 5.69 Å². The molecule has 1 saturated heterocycles. The van der Waals surface area contributed by atoms with E-state index in [0.29, 0.717) is 25.0 Å². The molecule has 2 aliphatic heterocycles. The predicted octanol–water partition coefficient (Wildman–Crippen LogP) is 2.45. The zero-order valence-electron chi connectivity index (χ0n) is 18.3. The van der Waals surface area contributed by atoms with Gasteiger partial charge in [-0.1, -0.05) is 49.6 Å². The third-order valence-electron chi connectivity index (χ3n) is 7.33. The van der Waals surface area contributed by atoms with Crippen molar-refractivity contribution >= 4 is 5.91 Å². The van der Waals surface area contributed by atoms with E-state index >= 15 is 0 Å². The Morgan fingerprint density at radius 3 is 2.39 bits per heavy atom. The standard InChI is InChI=1S/C24H33N5O2/c30-23(27-16-14-26(15-17-27)20-10-5-2-6-11-20)21-12-7-13-28-22(21)25-29(24(28)31)18-19-8-3-1-4-9-19/h1,3-4,8-9,20-21H,2,5-7,10-18H2. The van der Waals surface area contributed by atoms with E-state index in [1.54, 1.807) is 4.57 Å². The lowest BCUT2D eigenvalue weighted by atomic mass is 9.93. The number of hydrogen-bond acceptors (Lipinski definition) is 4. The highest BCUT2D eigenvalue weighted by Gasteiger charge is 2.36. The summed E-state index contributed by atoms with van der Waals surface area (Å²) in [5.41, 5.74) is 0.945. The maximum Gasteiger partial charge on any atom is 0.346 e. The number of carbonyl (C=O) groups excluding carboxylic acids is 1. The van der Waals surface area contributed by atoms with Crippen LogP contribution in [-0.4, -0.2) is 62.3 Å². The molecular formula is C24H33N5O2. The van der Waals surface area contributed by atoms with Crippen LogP contribution in [0.25, 0.3) is 0 Å². The van der Waals surface area contributed by atoms with Crippen LogP contribution in [0.2, 0.25) is 0 Å². The van der Waals surface area contributed by atoms with E-state index in [1.165, 1.54) is 36.8 Å². The Hall–Kier alpha value is -2.41. The second-order valence-electron chi connectivity index (χ2n) is 9.28. The highest BCUT2D eigenvalue weighted by molar-refractivity contribution is 5.83. The van der Waals surface area contributed by atoms with Crippen molar-refractivity contribution in [2.45, 2.75) is 70.0 Å². The third kappa shape index (κ3) is 4.20. The molecule has 5 rings (SSSR count). The van der Waals surface area contributed by atoms with Crippen LogP contribution in [0.15, 0.2) is 35.1 Å². The zero-order chi connectivity index (χ0) is 21.2. The van der Waals surface area contributed by atoms with Gasteiger partial charge in [0.15, 0.2) is 0 Å². The van der Waals surface area contributed by atoms with Crippen molar-refractivity contribution in [3.63, 3.8) is 0 Å².